The van der Waals surface area contributed by atoms with Crippen molar-refractivity contribution < 1.29 is 0 Å². The standard InChI is InChI=1S/C14H14ClN5/c1-9-11-5-4-10(8-12(11)20(3)18-9)19(2)13-6-7-16-14(15)17-13/h4-8H,1-3H3. The van der Waals surface area contributed by atoms with Gasteiger partial charge in [-0.15, -0.1) is 0 Å². The number of halogens is 1. The zero-order valence-corrected chi connectivity index (χ0v) is 12.3. The minimum absolute atomic E-state index is 0.242. The summed E-state index contributed by atoms with van der Waals surface area (Å²) in [6.45, 7) is 2.01. The molecule has 6 heteroatoms. The molecule has 5 nitrogen and oxygen atoms in total. The van der Waals surface area contributed by atoms with Gasteiger partial charge in [0.1, 0.15) is 5.82 Å². The van der Waals surface area contributed by atoms with Crippen LogP contribution in [-0.2, 0) is 7.05 Å². The predicted octanol–water partition coefficient (Wildman–Crippen LogP) is 3.09. The smallest absolute Gasteiger partial charge is 0.224 e. The second kappa shape index (κ2) is 4.76. The Bertz CT molecular complexity index is 780. The lowest BCUT2D eigenvalue weighted by Gasteiger charge is -2.18. The Balaban J connectivity index is 2.08. The minimum Gasteiger partial charge on any atom is -0.329 e. The summed E-state index contributed by atoms with van der Waals surface area (Å²) in [6, 6.07) is 8.04. The predicted molar refractivity (Wildman–Crippen MR) is 80.6 cm³/mol. The van der Waals surface area contributed by atoms with Crippen molar-refractivity contribution >= 4 is 34.0 Å². The third-order valence-electron chi connectivity index (χ3n) is 3.36. The zero-order valence-electron chi connectivity index (χ0n) is 11.5. The molecule has 0 aliphatic carbocycles. The molecule has 0 aliphatic rings. The quantitative estimate of drug-likeness (QED) is 0.680. The molecule has 0 unspecified atom stereocenters. The molecule has 0 bridgehead atoms. The van der Waals surface area contributed by atoms with Crippen molar-refractivity contribution in [1.82, 2.24) is 19.7 Å². The van der Waals surface area contributed by atoms with Crippen molar-refractivity contribution in [2.75, 3.05) is 11.9 Å². The monoisotopic (exact) mass is 287 g/mol. The molecule has 2 aromatic heterocycles. The van der Waals surface area contributed by atoms with Gasteiger partial charge in [0.05, 0.1) is 11.2 Å². The number of hydrogen-bond acceptors (Lipinski definition) is 4. The second-order valence-electron chi connectivity index (χ2n) is 4.65. The molecule has 102 valence electrons. The van der Waals surface area contributed by atoms with Crippen LogP contribution in [0.3, 0.4) is 0 Å². The van der Waals surface area contributed by atoms with E-state index in [2.05, 4.69) is 27.2 Å². The molecule has 0 amide bonds. The number of fused-ring (bicyclic) bond motifs is 1. The van der Waals surface area contributed by atoms with E-state index in [1.807, 2.05) is 42.7 Å². The lowest BCUT2D eigenvalue weighted by Crippen LogP contribution is -2.11. The van der Waals surface area contributed by atoms with E-state index < -0.39 is 0 Å². The summed E-state index contributed by atoms with van der Waals surface area (Å²) < 4.78 is 1.88. The van der Waals surface area contributed by atoms with Crippen LogP contribution in [0, 0.1) is 6.92 Å². The van der Waals surface area contributed by atoms with Gasteiger partial charge in [0, 0.05) is 31.4 Å². The SMILES string of the molecule is Cc1nn(C)c2cc(N(C)c3ccnc(Cl)n3)ccc12. The van der Waals surface area contributed by atoms with E-state index in [0.717, 1.165) is 28.1 Å². The van der Waals surface area contributed by atoms with Crippen LogP contribution in [-0.4, -0.2) is 26.8 Å². The zero-order chi connectivity index (χ0) is 14.3. The largest absolute Gasteiger partial charge is 0.329 e. The first-order valence-corrected chi connectivity index (χ1v) is 6.59. The lowest BCUT2D eigenvalue weighted by molar-refractivity contribution is 0.783. The Hall–Kier alpha value is -2.14. The van der Waals surface area contributed by atoms with Gasteiger partial charge in [-0.3, -0.25) is 4.68 Å². The van der Waals surface area contributed by atoms with Crippen molar-refractivity contribution in [1.29, 1.82) is 0 Å². The van der Waals surface area contributed by atoms with Crippen LogP contribution in [0.4, 0.5) is 11.5 Å². The van der Waals surface area contributed by atoms with Gasteiger partial charge in [-0.05, 0) is 42.8 Å². The number of benzene rings is 1. The van der Waals surface area contributed by atoms with Gasteiger partial charge >= 0.3 is 0 Å². The molecule has 20 heavy (non-hydrogen) atoms. The van der Waals surface area contributed by atoms with Crippen molar-refractivity contribution in [2.45, 2.75) is 6.92 Å². The second-order valence-corrected chi connectivity index (χ2v) is 4.99. The lowest BCUT2D eigenvalue weighted by atomic mass is 10.2. The molecular weight excluding hydrogens is 274 g/mol. The van der Waals surface area contributed by atoms with Crippen LogP contribution in [0.2, 0.25) is 5.28 Å². The molecule has 0 fully saturated rings. The highest BCUT2D eigenvalue weighted by molar-refractivity contribution is 6.28. The first kappa shape index (κ1) is 12.9. The first-order chi connectivity index (χ1) is 9.56. The Kier molecular flexibility index (Phi) is 3.06. The fourth-order valence-electron chi connectivity index (χ4n) is 2.28. The molecule has 0 radical (unpaired) electrons. The number of hydrogen-bond donors (Lipinski definition) is 0. The van der Waals surface area contributed by atoms with Gasteiger partial charge < -0.3 is 4.90 Å². The third kappa shape index (κ3) is 2.10. The number of anilines is 2. The van der Waals surface area contributed by atoms with E-state index >= 15 is 0 Å². The Labute approximate surface area is 121 Å². The van der Waals surface area contributed by atoms with Gasteiger partial charge in [-0.25, -0.2) is 9.97 Å². The molecule has 3 rings (SSSR count). The van der Waals surface area contributed by atoms with E-state index in [1.54, 1.807) is 6.20 Å². The van der Waals surface area contributed by atoms with E-state index in [4.69, 9.17) is 11.6 Å². The maximum atomic E-state index is 5.84. The van der Waals surface area contributed by atoms with Gasteiger partial charge in [0.2, 0.25) is 5.28 Å². The van der Waals surface area contributed by atoms with Crippen LogP contribution in [0.5, 0.6) is 0 Å². The summed E-state index contributed by atoms with van der Waals surface area (Å²) >= 11 is 5.84. The fraction of sp³-hybridized carbons (Fsp3) is 0.214. The van der Waals surface area contributed by atoms with Crippen LogP contribution >= 0.6 is 11.6 Å². The molecule has 0 N–H and O–H groups in total. The maximum absolute atomic E-state index is 5.84. The van der Waals surface area contributed by atoms with E-state index in [1.165, 1.54) is 0 Å². The summed E-state index contributed by atoms with van der Waals surface area (Å²) in [5, 5.41) is 5.83. The number of rotatable bonds is 2. The highest BCUT2D eigenvalue weighted by Crippen LogP contribution is 2.27. The van der Waals surface area contributed by atoms with Gasteiger partial charge in [-0.1, -0.05) is 0 Å². The number of aromatic nitrogens is 4. The summed E-state index contributed by atoms with van der Waals surface area (Å²) in [5.74, 6) is 0.753. The average Bonchev–Trinajstić information content (AvgIpc) is 2.73. The van der Waals surface area contributed by atoms with Gasteiger partial charge in [0.25, 0.3) is 0 Å². The van der Waals surface area contributed by atoms with E-state index in [0.29, 0.717) is 0 Å². The molecule has 0 atom stereocenters. The van der Waals surface area contributed by atoms with Gasteiger partial charge in [0.15, 0.2) is 0 Å². The summed E-state index contributed by atoms with van der Waals surface area (Å²) in [7, 11) is 3.89. The Morgan fingerprint density at radius 2 is 2.05 bits per heavy atom. The average molecular weight is 288 g/mol. The molecule has 0 aliphatic heterocycles. The highest BCUT2D eigenvalue weighted by atomic mass is 35.5. The van der Waals surface area contributed by atoms with Crippen molar-refractivity contribution in [3.05, 3.63) is 41.4 Å². The summed E-state index contributed by atoms with van der Waals surface area (Å²) in [5.41, 5.74) is 3.14. The fourth-order valence-corrected chi connectivity index (χ4v) is 2.42. The van der Waals surface area contributed by atoms with E-state index in [-0.39, 0.29) is 5.28 Å². The Morgan fingerprint density at radius 3 is 2.80 bits per heavy atom. The van der Waals surface area contributed by atoms with Gasteiger partial charge in [-0.2, -0.15) is 5.10 Å². The van der Waals surface area contributed by atoms with Crippen LogP contribution in [0.1, 0.15) is 5.69 Å². The van der Waals surface area contributed by atoms with Crippen LogP contribution < -0.4 is 4.90 Å². The minimum atomic E-state index is 0.242. The Morgan fingerprint density at radius 1 is 1.25 bits per heavy atom. The van der Waals surface area contributed by atoms with Crippen molar-refractivity contribution in [3.8, 4) is 0 Å². The highest BCUT2D eigenvalue weighted by Gasteiger charge is 2.10. The normalized spacial score (nSPS) is 11.0. The number of aryl methyl sites for hydroxylation is 2. The topological polar surface area (TPSA) is 46.8 Å². The molecule has 1 aromatic carbocycles. The van der Waals surface area contributed by atoms with Crippen molar-refractivity contribution in [2.24, 2.45) is 7.05 Å². The molecule has 0 spiro atoms. The molecule has 3 aromatic rings. The van der Waals surface area contributed by atoms with Crippen LogP contribution in [0.15, 0.2) is 30.5 Å². The van der Waals surface area contributed by atoms with Crippen LogP contribution in [0.25, 0.3) is 10.9 Å². The molecule has 2 heterocycles. The third-order valence-corrected chi connectivity index (χ3v) is 3.54. The summed E-state index contributed by atoms with van der Waals surface area (Å²) in [6.07, 6.45) is 1.65. The van der Waals surface area contributed by atoms with E-state index in [9.17, 15) is 0 Å². The molecule has 0 saturated heterocycles. The number of nitrogens with zero attached hydrogens (tertiary/aromatic N) is 5. The van der Waals surface area contributed by atoms with Crippen molar-refractivity contribution in [3.63, 3.8) is 0 Å². The summed E-state index contributed by atoms with van der Waals surface area (Å²) in [4.78, 5) is 10.1. The molecule has 0 saturated carbocycles. The first-order valence-electron chi connectivity index (χ1n) is 6.22. The maximum Gasteiger partial charge on any atom is 0.224 e. The molecular formula is C14H14ClN5.